The first-order valence-electron chi connectivity index (χ1n) is 15.4. The molecule has 1 fully saturated rings. The van der Waals surface area contributed by atoms with E-state index in [-0.39, 0.29) is 23.7 Å². The molecule has 0 radical (unpaired) electrons. The number of anilines is 2. The summed E-state index contributed by atoms with van der Waals surface area (Å²) in [5.41, 5.74) is 3.62. The summed E-state index contributed by atoms with van der Waals surface area (Å²) in [5, 5.41) is 3.51. The number of benzene rings is 3. The molecule has 8 heteroatoms. The molecule has 2 heterocycles. The number of allylic oxidation sites excluding steroid dienone is 1. The molecule has 1 unspecified atom stereocenters. The van der Waals surface area contributed by atoms with Gasteiger partial charge in [0.1, 0.15) is 0 Å². The monoisotopic (exact) mass is 601 g/mol. The smallest absolute Gasteiger partial charge is 0.357 e. The Kier molecular flexibility index (Phi) is 8.03. The Bertz CT molecular complexity index is 1560. The van der Waals surface area contributed by atoms with Gasteiger partial charge in [-0.3, -0.25) is 9.59 Å². The van der Waals surface area contributed by atoms with Crippen molar-refractivity contribution in [1.82, 2.24) is 4.90 Å². The van der Waals surface area contributed by atoms with Gasteiger partial charge in [0, 0.05) is 30.8 Å². The van der Waals surface area contributed by atoms with Crippen molar-refractivity contribution in [1.29, 1.82) is 0 Å². The summed E-state index contributed by atoms with van der Waals surface area (Å²) in [6.07, 6.45) is -0.755. The molecule has 2 aliphatic heterocycles. The van der Waals surface area contributed by atoms with E-state index >= 15 is 0 Å². The molecule has 0 aromatic heterocycles. The van der Waals surface area contributed by atoms with Crippen molar-refractivity contribution in [3.05, 3.63) is 107 Å². The fourth-order valence-electron chi connectivity index (χ4n) is 7.01. The Morgan fingerprint density at radius 3 is 2.25 bits per heavy atom. The van der Waals surface area contributed by atoms with E-state index in [1.807, 2.05) is 66.1 Å². The van der Waals surface area contributed by atoms with Gasteiger partial charge in [-0.2, -0.15) is 13.2 Å². The molecule has 1 N–H and O–H groups in total. The zero-order valence-corrected chi connectivity index (χ0v) is 25.2. The van der Waals surface area contributed by atoms with E-state index in [0.29, 0.717) is 43.0 Å². The molecule has 3 aliphatic rings. The molecule has 3 aromatic carbocycles. The maximum Gasteiger partial charge on any atom is 0.416 e. The number of para-hydroxylation sites is 2. The van der Waals surface area contributed by atoms with Crippen LogP contribution in [0.15, 0.2) is 90.1 Å². The number of likely N-dealkylation sites (tertiary alicyclic amines) is 1. The second-order valence-corrected chi connectivity index (χ2v) is 13.1. The summed E-state index contributed by atoms with van der Waals surface area (Å²) >= 11 is 0. The number of carbonyl (C=O) groups excluding carboxylic acids is 2. The highest BCUT2D eigenvalue weighted by molar-refractivity contribution is 6.01. The molecule has 44 heavy (non-hydrogen) atoms. The fraction of sp³-hybridized carbons (Fsp3) is 0.389. The number of nitrogens with zero attached hydrogens (tertiary/aromatic N) is 2. The summed E-state index contributed by atoms with van der Waals surface area (Å²) in [6, 6.07) is 22.3. The number of hydrogen-bond acceptors (Lipinski definition) is 4. The zero-order valence-electron chi connectivity index (χ0n) is 25.2. The third-order valence-corrected chi connectivity index (χ3v) is 9.20. The van der Waals surface area contributed by atoms with E-state index in [4.69, 9.17) is 0 Å². The highest BCUT2D eigenvalue weighted by Gasteiger charge is 2.42. The summed E-state index contributed by atoms with van der Waals surface area (Å²) in [5.74, 6) is 0.392. The number of carbonyl (C=O) groups is 2. The number of hydrogen-bond donors (Lipinski definition) is 1. The van der Waals surface area contributed by atoms with Crippen LogP contribution in [0.2, 0.25) is 0 Å². The van der Waals surface area contributed by atoms with Gasteiger partial charge in [0.2, 0.25) is 5.91 Å². The Hall–Kier alpha value is -4.07. The number of amides is 1. The summed E-state index contributed by atoms with van der Waals surface area (Å²) in [6.45, 7) is 5.39. The molecular formula is C36H38F3N3O2. The van der Waals surface area contributed by atoms with E-state index in [1.54, 1.807) is 0 Å². The predicted molar refractivity (Wildman–Crippen MR) is 166 cm³/mol. The van der Waals surface area contributed by atoms with Crippen LogP contribution in [0.1, 0.15) is 62.3 Å². The number of fused-ring (bicyclic) bond motifs is 1. The Labute approximate surface area is 256 Å². The summed E-state index contributed by atoms with van der Waals surface area (Å²) in [7, 11) is 0. The Morgan fingerprint density at radius 1 is 0.909 bits per heavy atom. The van der Waals surface area contributed by atoms with E-state index in [0.717, 1.165) is 48.5 Å². The van der Waals surface area contributed by atoms with Crippen LogP contribution in [0.4, 0.5) is 24.5 Å². The van der Waals surface area contributed by atoms with Crippen LogP contribution in [0.5, 0.6) is 0 Å². The van der Waals surface area contributed by atoms with Crippen LogP contribution in [-0.2, 0) is 22.2 Å². The molecule has 1 saturated heterocycles. The molecule has 1 aliphatic carbocycles. The minimum Gasteiger partial charge on any atom is -0.357 e. The zero-order chi connectivity index (χ0) is 31.1. The largest absolute Gasteiger partial charge is 0.416 e. The lowest BCUT2D eigenvalue weighted by Gasteiger charge is -2.39. The van der Waals surface area contributed by atoms with Gasteiger partial charge in [-0.25, -0.2) is 0 Å². The maximum atomic E-state index is 14.0. The number of Topliss-reactive ketones (excluding diaryl/α,β-unsaturated/α-hetero) is 1. The van der Waals surface area contributed by atoms with Crippen molar-refractivity contribution < 1.29 is 22.8 Å². The quantitative estimate of drug-likeness (QED) is 0.324. The lowest BCUT2D eigenvalue weighted by molar-refractivity contribution is -0.137. The minimum absolute atomic E-state index is 0.00118. The standard InChI is InChI=1S/C36H38F3N3O2/c1-35(2)21-29-33(31(43)22-35)34(26-12-14-27(15-13-26)36(37,38)39)42(30-11-7-6-10-28(30)40-29)23-32(44)41-18-16-25(17-19-41)20-24-8-4-3-5-9-24/h3-15,25,34,40H,16-23H2,1-2H3. The van der Waals surface area contributed by atoms with Crippen molar-refractivity contribution in [3.8, 4) is 0 Å². The van der Waals surface area contributed by atoms with Gasteiger partial charge in [-0.05, 0) is 72.4 Å². The topological polar surface area (TPSA) is 52.7 Å². The van der Waals surface area contributed by atoms with Gasteiger partial charge < -0.3 is 15.1 Å². The molecule has 1 amide bonds. The van der Waals surface area contributed by atoms with Crippen molar-refractivity contribution in [3.63, 3.8) is 0 Å². The van der Waals surface area contributed by atoms with Crippen LogP contribution in [0.25, 0.3) is 0 Å². The van der Waals surface area contributed by atoms with Gasteiger partial charge in [0.25, 0.3) is 0 Å². The Morgan fingerprint density at radius 2 is 1.57 bits per heavy atom. The van der Waals surface area contributed by atoms with Crippen molar-refractivity contribution in [2.75, 3.05) is 29.9 Å². The number of piperidine rings is 1. The van der Waals surface area contributed by atoms with Crippen LogP contribution in [0, 0.1) is 11.3 Å². The molecule has 0 saturated carbocycles. The van der Waals surface area contributed by atoms with Crippen LogP contribution < -0.4 is 10.2 Å². The SMILES string of the molecule is CC1(C)CC(=O)C2=C(C1)Nc1ccccc1N(CC(=O)N1CCC(Cc3ccccc3)CC1)C2c1ccc(C(F)(F)F)cc1. The molecule has 0 spiro atoms. The number of alkyl halides is 3. The van der Waals surface area contributed by atoms with E-state index in [9.17, 15) is 22.8 Å². The first-order valence-corrected chi connectivity index (χ1v) is 15.4. The van der Waals surface area contributed by atoms with Gasteiger partial charge in [-0.15, -0.1) is 0 Å². The van der Waals surface area contributed by atoms with E-state index < -0.39 is 17.8 Å². The van der Waals surface area contributed by atoms with Gasteiger partial charge >= 0.3 is 6.18 Å². The lowest BCUT2D eigenvalue weighted by atomic mass is 9.73. The van der Waals surface area contributed by atoms with Gasteiger partial charge in [0.05, 0.1) is 29.5 Å². The summed E-state index contributed by atoms with van der Waals surface area (Å²) < 4.78 is 40.5. The highest BCUT2D eigenvalue weighted by atomic mass is 19.4. The maximum absolute atomic E-state index is 14.0. The lowest BCUT2D eigenvalue weighted by Crippen LogP contribution is -2.46. The first-order chi connectivity index (χ1) is 21.0. The minimum atomic E-state index is -4.48. The Balaban J connectivity index is 1.33. The molecule has 230 valence electrons. The first kappa shape index (κ1) is 30.0. The number of halogens is 3. The third-order valence-electron chi connectivity index (χ3n) is 9.20. The average Bonchev–Trinajstić information content (AvgIpc) is 3.11. The van der Waals surface area contributed by atoms with Gasteiger partial charge in [-0.1, -0.05) is 68.4 Å². The molecule has 0 bridgehead atoms. The van der Waals surface area contributed by atoms with Gasteiger partial charge in [0.15, 0.2) is 5.78 Å². The van der Waals surface area contributed by atoms with E-state index in [2.05, 4.69) is 17.4 Å². The van der Waals surface area contributed by atoms with Crippen LogP contribution in [-0.4, -0.2) is 36.2 Å². The van der Waals surface area contributed by atoms with Crippen molar-refractivity contribution >= 4 is 23.1 Å². The third kappa shape index (κ3) is 6.26. The molecule has 5 nitrogen and oxygen atoms in total. The van der Waals surface area contributed by atoms with Crippen molar-refractivity contribution in [2.45, 2.75) is 58.2 Å². The molecule has 6 rings (SSSR count). The van der Waals surface area contributed by atoms with Crippen molar-refractivity contribution in [2.24, 2.45) is 11.3 Å². The molecule has 3 aromatic rings. The highest BCUT2D eigenvalue weighted by Crippen LogP contribution is 2.48. The fourth-order valence-corrected chi connectivity index (χ4v) is 7.01. The van der Waals surface area contributed by atoms with Crippen LogP contribution in [0.3, 0.4) is 0 Å². The number of nitrogens with one attached hydrogen (secondary N) is 1. The van der Waals surface area contributed by atoms with E-state index in [1.165, 1.54) is 17.7 Å². The normalized spacial score (nSPS) is 20.5. The number of rotatable bonds is 5. The predicted octanol–water partition coefficient (Wildman–Crippen LogP) is 7.80. The van der Waals surface area contributed by atoms with Crippen LogP contribution >= 0.6 is 0 Å². The second-order valence-electron chi connectivity index (χ2n) is 13.1. The summed E-state index contributed by atoms with van der Waals surface area (Å²) in [4.78, 5) is 31.7. The average molecular weight is 602 g/mol. The number of ketones is 1. The molecular weight excluding hydrogens is 563 g/mol. The second kappa shape index (κ2) is 11.8. The molecule has 1 atom stereocenters.